The molecule has 0 aliphatic carbocycles. The molecule has 1 fully saturated rings. The maximum Gasteiger partial charge on any atom is 0.246 e. The van der Waals surface area contributed by atoms with Crippen molar-refractivity contribution in [3.05, 3.63) is 29.3 Å². The summed E-state index contributed by atoms with van der Waals surface area (Å²) in [5.41, 5.74) is 0.447. The summed E-state index contributed by atoms with van der Waals surface area (Å²) in [6, 6.07) is 5.69. The fourth-order valence-electron chi connectivity index (χ4n) is 2.88. The summed E-state index contributed by atoms with van der Waals surface area (Å²) in [5, 5.41) is 0.520. The van der Waals surface area contributed by atoms with Crippen molar-refractivity contribution >= 4 is 33.2 Å². The highest BCUT2D eigenvalue weighted by Gasteiger charge is 2.33. The van der Waals surface area contributed by atoms with Gasteiger partial charge in [-0.25, -0.2) is 8.42 Å². The van der Waals surface area contributed by atoms with E-state index in [0.717, 1.165) is 19.1 Å². The van der Waals surface area contributed by atoms with E-state index in [1.165, 1.54) is 4.31 Å². The molecule has 5 nitrogen and oxygen atoms in total. The number of nitrogens with zero attached hydrogens (tertiary/aromatic N) is 2. The van der Waals surface area contributed by atoms with Crippen LogP contribution in [0.15, 0.2) is 24.3 Å². The van der Waals surface area contributed by atoms with E-state index < -0.39 is 16.1 Å². The fraction of sp³-hybridized carbons (Fsp3) is 0.562. The summed E-state index contributed by atoms with van der Waals surface area (Å²) < 4.78 is 25.6. The summed E-state index contributed by atoms with van der Waals surface area (Å²) in [6.07, 6.45) is 3.03. The van der Waals surface area contributed by atoms with Crippen LogP contribution in [0.3, 0.4) is 0 Å². The van der Waals surface area contributed by atoms with Crippen LogP contribution in [0, 0.1) is 5.92 Å². The van der Waals surface area contributed by atoms with Gasteiger partial charge in [-0.05, 0) is 49.9 Å². The zero-order valence-electron chi connectivity index (χ0n) is 13.7. The van der Waals surface area contributed by atoms with E-state index in [-0.39, 0.29) is 5.91 Å². The van der Waals surface area contributed by atoms with Crippen LogP contribution < -0.4 is 4.31 Å². The van der Waals surface area contributed by atoms with Crippen molar-refractivity contribution in [2.45, 2.75) is 32.7 Å². The Bertz CT molecular complexity index is 652. The number of hydrogen-bond acceptors (Lipinski definition) is 3. The lowest BCUT2D eigenvalue weighted by atomic mass is 9.99. The molecule has 1 amide bonds. The average molecular weight is 359 g/mol. The predicted octanol–water partition coefficient (Wildman–Crippen LogP) is 2.75. The Balaban J connectivity index is 2.25. The summed E-state index contributed by atoms with van der Waals surface area (Å²) >= 11 is 5.86. The fourth-order valence-corrected chi connectivity index (χ4v) is 4.18. The lowest BCUT2D eigenvalue weighted by molar-refractivity contribution is -0.133. The van der Waals surface area contributed by atoms with Crippen LogP contribution in [0.4, 0.5) is 5.69 Å². The molecule has 1 aliphatic rings. The maximum absolute atomic E-state index is 12.7. The molecule has 0 saturated carbocycles. The normalized spacial score (nSPS) is 17.8. The second kappa shape index (κ2) is 7.09. The van der Waals surface area contributed by atoms with Gasteiger partial charge in [-0.15, -0.1) is 0 Å². The molecule has 0 aromatic heterocycles. The number of likely N-dealkylation sites (tertiary alicyclic amines) is 1. The first-order valence-electron chi connectivity index (χ1n) is 7.74. The Hall–Kier alpha value is -1.27. The van der Waals surface area contributed by atoms with E-state index in [1.807, 2.05) is 0 Å². The second-order valence-electron chi connectivity index (χ2n) is 6.22. The minimum Gasteiger partial charge on any atom is -0.341 e. The largest absolute Gasteiger partial charge is 0.341 e. The van der Waals surface area contributed by atoms with Crippen LogP contribution in [-0.2, 0) is 14.8 Å². The first kappa shape index (κ1) is 18.1. The van der Waals surface area contributed by atoms with Crippen LogP contribution >= 0.6 is 11.6 Å². The molecule has 1 aromatic carbocycles. The number of carbonyl (C=O) groups is 1. The van der Waals surface area contributed by atoms with Gasteiger partial charge in [0.1, 0.15) is 6.04 Å². The van der Waals surface area contributed by atoms with Gasteiger partial charge < -0.3 is 4.90 Å². The van der Waals surface area contributed by atoms with Crippen molar-refractivity contribution < 1.29 is 13.2 Å². The Morgan fingerprint density at radius 3 is 2.26 bits per heavy atom. The van der Waals surface area contributed by atoms with Crippen LogP contribution in [0.1, 0.15) is 26.7 Å². The average Bonchev–Trinajstić information content (AvgIpc) is 2.48. The quantitative estimate of drug-likeness (QED) is 0.831. The molecule has 1 atom stereocenters. The van der Waals surface area contributed by atoms with Gasteiger partial charge in [0.15, 0.2) is 0 Å². The first-order chi connectivity index (χ1) is 10.7. The molecule has 0 radical (unpaired) electrons. The van der Waals surface area contributed by atoms with Gasteiger partial charge in [0.2, 0.25) is 15.9 Å². The van der Waals surface area contributed by atoms with Gasteiger partial charge in [0, 0.05) is 18.1 Å². The zero-order valence-corrected chi connectivity index (χ0v) is 15.3. The third kappa shape index (κ3) is 4.38. The highest BCUT2D eigenvalue weighted by atomic mass is 35.5. The van der Waals surface area contributed by atoms with Crippen LogP contribution in [0.2, 0.25) is 5.02 Å². The second-order valence-corrected chi connectivity index (χ2v) is 8.51. The van der Waals surface area contributed by atoms with E-state index in [0.29, 0.717) is 29.7 Å². The third-order valence-corrected chi connectivity index (χ3v) is 5.74. The lowest BCUT2D eigenvalue weighted by Crippen LogP contribution is -2.51. The summed E-state index contributed by atoms with van der Waals surface area (Å²) in [5.74, 6) is 0.453. The molecule has 0 N–H and O–H groups in total. The number of benzene rings is 1. The van der Waals surface area contributed by atoms with Crippen LogP contribution in [0.5, 0.6) is 0 Å². The molecule has 0 bridgehead atoms. The van der Waals surface area contributed by atoms with Gasteiger partial charge in [-0.2, -0.15) is 0 Å². The Morgan fingerprint density at radius 1 is 1.26 bits per heavy atom. The summed E-state index contributed by atoms with van der Waals surface area (Å²) in [4.78, 5) is 14.5. The molecule has 1 aliphatic heterocycles. The molecule has 0 unspecified atom stereocenters. The van der Waals surface area contributed by atoms with Gasteiger partial charge in [0.05, 0.1) is 11.9 Å². The highest BCUT2D eigenvalue weighted by molar-refractivity contribution is 7.92. The molecule has 1 saturated heterocycles. The Labute approximate surface area is 143 Å². The molecule has 23 heavy (non-hydrogen) atoms. The van der Waals surface area contributed by atoms with Crippen molar-refractivity contribution in [1.82, 2.24) is 4.90 Å². The predicted molar refractivity (Wildman–Crippen MR) is 93.2 cm³/mol. The number of rotatable bonds is 4. The van der Waals surface area contributed by atoms with Crippen molar-refractivity contribution in [1.29, 1.82) is 0 Å². The molecule has 7 heteroatoms. The third-order valence-electron chi connectivity index (χ3n) is 4.24. The molecule has 1 heterocycles. The van der Waals surface area contributed by atoms with E-state index in [4.69, 9.17) is 11.6 Å². The van der Waals surface area contributed by atoms with Gasteiger partial charge in [0.25, 0.3) is 0 Å². The maximum atomic E-state index is 12.7. The summed E-state index contributed by atoms with van der Waals surface area (Å²) in [6.45, 7) is 5.17. The van der Waals surface area contributed by atoms with Crippen molar-refractivity contribution in [3.63, 3.8) is 0 Å². The number of amides is 1. The topological polar surface area (TPSA) is 57.7 Å². The zero-order chi connectivity index (χ0) is 17.2. The molecular weight excluding hydrogens is 336 g/mol. The van der Waals surface area contributed by atoms with Crippen LogP contribution in [0.25, 0.3) is 0 Å². The molecule has 0 spiro atoms. The monoisotopic (exact) mass is 358 g/mol. The standard InChI is InChI=1S/C16H23ClN2O3S/c1-12-8-10-18(11-9-12)16(20)13(2)19(23(3,21)22)15-6-4-14(17)5-7-15/h4-7,12-13H,8-11H2,1-3H3/t13-/m1/s1. The van der Waals surface area contributed by atoms with Gasteiger partial charge in [-0.1, -0.05) is 18.5 Å². The van der Waals surface area contributed by atoms with E-state index in [1.54, 1.807) is 36.1 Å². The Kier molecular flexibility index (Phi) is 5.57. The van der Waals surface area contributed by atoms with E-state index in [2.05, 4.69) is 6.92 Å². The molecular formula is C16H23ClN2O3S. The Morgan fingerprint density at radius 2 is 1.78 bits per heavy atom. The van der Waals surface area contributed by atoms with E-state index in [9.17, 15) is 13.2 Å². The highest BCUT2D eigenvalue weighted by Crippen LogP contribution is 2.25. The van der Waals surface area contributed by atoms with Crippen LogP contribution in [-0.4, -0.2) is 44.6 Å². The van der Waals surface area contributed by atoms with Crippen molar-refractivity contribution in [2.75, 3.05) is 23.7 Å². The number of piperidine rings is 1. The molecule has 2 rings (SSSR count). The number of anilines is 1. The van der Waals surface area contributed by atoms with Crippen molar-refractivity contribution in [2.24, 2.45) is 5.92 Å². The minimum absolute atomic E-state index is 0.155. The number of halogens is 1. The number of hydrogen-bond donors (Lipinski definition) is 0. The van der Waals surface area contributed by atoms with Gasteiger partial charge >= 0.3 is 0 Å². The molecule has 128 valence electrons. The summed E-state index contributed by atoms with van der Waals surface area (Å²) in [7, 11) is -3.58. The number of carbonyl (C=O) groups excluding carboxylic acids is 1. The van der Waals surface area contributed by atoms with E-state index >= 15 is 0 Å². The lowest BCUT2D eigenvalue weighted by Gasteiger charge is -2.35. The first-order valence-corrected chi connectivity index (χ1v) is 9.96. The molecule has 1 aromatic rings. The minimum atomic E-state index is -3.58. The number of sulfonamides is 1. The van der Waals surface area contributed by atoms with Gasteiger partial charge in [-0.3, -0.25) is 9.10 Å². The van der Waals surface area contributed by atoms with Crippen molar-refractivity contribution in [3.8, 4) is 0 Å². The smallest absolute Gasteiger partial charge is 0.246 e. The SMILES string of the molecule is CC1CCN(C(=O)[C@@H](C)N(c2ccc(Cl)cc2)S(C)(=O)=O)CC1.